The molecule has 0 fully saturated rings. The van der Waals surface area contributed by atoms with Crippen LogP contribution in [0.25, 0.3) is 0 Å². The van der Waals surface area contributed by atoms with Crippen molar-refractivity contribution >= 4 is 44.1 Å². The van der Waals surface area contributed by atoms with Crippen molar-refractivity contribution in [1.82, 2.24) is 4.98 Å². The molecule has 0 bridgehead atoms. The largest absolute Gasteiger partial charge is 0.489 e. The summed E-state index contributed by atoms with van der Waals surface area (Å²) in [5.41, 5.74) is 2.79. The number of hydrogen-bond acceptors (Lipinski definition) is 6. The predicted octanol–water partition coefficient (Wildman–Crippen LogP) is 4.61. The number of benzene rings is 2. The first-order valence-corrected chi connectivity index (χ1v) is 11.3. The first-order chi connectivity index (χ1) is 12.9. The van der Waals surface area contributed by atoms with Crippen molar-refractivity contribution in [2.45, 2.75) is 17.6 Å². The lowest BCUT2D eigenvalue weighted by Gasteiger charge is -2.31. The third-order valence-electron chi connectivity index (χ3n) is 4.42. The van der Waals surface area contributed by atoms with Crippen LogP contribution < -0.4 is 9.64 Å². The second-order valence-electron chi connectivity index (χ2n) is 6.25. The van der Waals surface area contributed by atoms with Crippen molar-refractivity contribution in [2.24, 2.45) is 0 Å². The van der Waals surface area contributed by atoms with Crippen LogP contribution in [0.2, 0.25) is 5.02 Å². The zero-order valence-electron chi connectivity index (χ0n) is 14.6. The minimum atomic E-state index is -3.48. The number of aromatic nitrogens is 1. The lowest BCUT2D eigenvalue weighted by Crippen LogP contribution is -2.28. The zero-order chi connectivity index (χ0) is 19.0. The molecule has 8 heteroatoms. The van der Waals surface area contributed by atoms with E-state index in [2.05, 4.69) is 9.88 Å². The zero-order valence-corrected chi connectivity index (χ0v) is 16.9. The Morgan fingerprint density at radius 1 is 1.26 bits per heavy atom. The molecule has 2 heterocycles. The van der Waals surface area contributed by atoms with Crippen molar-refractivity contribution in [3.63, 3.8) is 0 Å². The summed E-state index contributed by atoms with van der Waals surface area (Å²) in [6.45, 7) is 3.09. The molecule has 1 aromatic heterocycles. The van der Waals surface area contributed by atoms with Gasteiger partial charge in [0.05, 0.1) is 17.1 Å². The summed E-state index contributed by atoms with van der Waals surface area (Å²) >= 11 is 7.60. The minimum absolute atomic E-state index is 0.110. The molecule has 2 aromatic carbocycles. The van der Waals surface area contributed by atoms with E-state index in [1.165, 1.54) is 11.3 Å². The normalized spacial score (nSPS) is 13.9. The average Bonchev–Trinajstić information content (AvgIpc) is 3.15. The van der Waals surface area contributed by atoms with Crippen LogP contribution in [-0.4, -0.2) is 26.6 Å². The van der Waals surface area contributed by atoms with E-state index in [4.69, 9.17) is 16.3 Å². The Kier molecular flexibility index (Phi) is 4.84. The van der Waals surface area contributed by atoms with Crippen LogP contribution in [0, 0.1) is 6.92 Å². The summed E-state index contributed by atoms with van der Waals surface area (Å²) in [5.74, 6) is 0.443. The van der Waals surface area contributed by atoms with Gasteiger partial charge in [0.1, 0.15) is 23.1 Å². The van der Waals surface area contributed by atoms with Crippen LogP contribution in [0.5, 0.6) is 5.75 Å². The number of halogens is 1. The maximum absolute atomic E-state index is 12.7. The highest BCUT2D eigenvalue weighted by Crippen LogP contribution is 2.39. The van der Waals surface area contributed by atoms with Gasteiger partial charge >= 0.3 is 0 Å². The van der Waals surface area contributed by atoms with E-state index in [1.54, 1.807) is 29.8 Å². The number of sulfone groups is 1. The highest BCUT2D eigenvalue weighted by atomic mass is 35.5. The molecule has 0 saturated carbocycles. The third kappa shape index (κ3) is 3.67. The second-order valence-corrected chi connectivity index (χ2v) is 9.62. The fraction of sp³-hybridized carbons (Fsp3) is 0.211. The van der Waals surface area contributed by atoms with E-state index in [9.17, 15) is 8.42 Å². The van der Waals surface area contributed by atoms with E-state index in [0.29, 0.717) is 28.9 Å². The Morgan fingerprint density at radius 3 is 2.85 bits per heavy atom. The fourth-order valence-corrected chi connectivity index (χ4v) is 5.42. The number of ether oxygens (including phenoxy) is 1. The van der Waals surface area contributed by atoms with Gasteiger partial charge in [-0.25, -0.2) is 13.4 Å². The maximum Gasteiger partial charge on any atom is 0.185 e. The maximum atomic E-state index is 12.7. The van der Waals surface area contributed by atoms with Crippen LogP contribution in [0.4, 0.5) is 11.4 Å². The number of anilines is 2. The molecule has 27 heavy (non-hydrogen) atoms. The quantitative estimate of drug-likeness (QED) is 0.616. The molecule has 0 radical (unpaired) electrons. The van der Waals surface area contributed by atoms with Gasteiger partial charge in [-0.05, 0) is 36.8 Å². The van der Waals surface area contributed by atoms with Gasteiger partial charge in [-0.15, -0.1) is 11.3 Å². The molecule has 0 saturated heterocycles. The van der Waals surface area contributed by atoms with Gasteiger partial charge in [-0.2, -0.15) is 0 Å². The Morgan fingerprint density at radius 2 is 2.11 bits per heavy atom. The lowest BCUT2D eigenvalue weighted by molar-refractivity contribution is 0.313. The highest BCUT2D eigenvalue weighted by Gasteiger charge is 2.24. The Balaban J connectivity index is 1.68. The lowest BCUT2D eigenvalue weighted by atomic mass is 10.1. The van der Waals surface area contributed by atoms with Crippen molar-refractivity contribution in [3.8, 4) is 5.75 Å². The third-order valence-corrected chi connectivity index (χ3v) is 7.41. The topological polar surface area (TPSA) is 59.5 Å². The standard InChI is InChI=1S/C19H17ClN2O3S2/c1-13-2-3-14(10-16(13)20)22-7-8-25-18-11-15(4-5-17(18)22)27(23,24)12-19-21-6-9-26-19/h2-6,9-11H,7-8,12H2,1H3. The van der Waals surface area contributed by atoms with E-state index >= 15 is 0 Å². The summed E-state index contributed by atoms with van der Waals surface area (Å²) < 4.78 is 31.1. The van der Waals surface area contributed by atoms with Crippen molar-refractivity contribution in [3.05, 3.63) is 63.6 Å². The molecule has 140 valence electrons. The Hall–Kier alpha value is -2.09. The Bertz CT molecular complexity index is 1080. The van der Waals surface area contributed by atoms with Crippen LogP contribution in [0.1, 0.15) is 10.6 Å². The summed E-state index contributed by atoms with van der Waals surface area (Å²) in [6, 6.07) is 10.9. The van der Waals surface area contributed by atoms with Crippen molar-refractivity contribution in [1.29, 1.82) is 0 Å². The van der Waals surface area contributed by atoms with Crippen LogP contribution >= 0.6 is 22.9 Å². The van der Waals surface area contributed by atoms with E-state index in [1.807, 2.05) is 25.1 Å². The molecule has 0 aliphatic carbocycles. The first kappa shape index (κ1) is 18.3. The van der Waals surface area contributed by atoms with Gasteiger partial charge < -0.3 is 9.64 Å². The molecular weight excluding hydrogens is 404 g/mol. The predicted molar refractivity (Wildman–Crippen MR) is 108 cm³/mol. The number of nitrogens with zero attached hydrogens (tertiary/aromatic N) is 2. The van der Waals surface area contributed by atoms with Crippen LogP contribution in [0.15, 0.2) is 52.9 Å². The molecule has 0 spiro atoms. The summed E-state index contributed by atoms with van der Waals surface area (Å²) in [6.07, 6.45) is 1.61. The second kappa shape index (κ2) is 7.14. The van der Waals surface area contributed by atoms with Crippen molar-refractivity contribution in [2.75, 3.05) is 18.1 Å². The number of thiazole rings is 1. The molecule has 4 rings (SSSR count). The van der Waals surface area contributed by atoms with Gasteiger partial charge in [0.2, 0.25) is 0 Å². The van der Waals surface area contributed by atoms with Crippen molar-refractivity contribution < 1.29 is 13.2 Å². The van der Waals surface area contributed by atoms with E-state index in [-0.39, 0.29) is 10.6 Å². The summed E-state index contributed by atoms with van der Waals surface area (Å²) in [7, 11) is -3.48. The van der Waals surface area contributed by atoms with Crippen LogP contribution in [-0.2, 0) is 15.6 Å². The first-order valence-electron chi connectivity index (χ1n) is 8.36. The number of hydrogen-bond donors (Lipinski definition) is 0. The summed E-state index contributed by atoms with van der Waals surface area (Å²) in [4.78, 5) is 6.39. The van der Waals surface area contributed by atoms with Gasteiger partial charge in [-0.3, -0.25) is 0 Å². The molecule has 1 aliphatic rings. The smallest absolute Gasteiger partial charge is 0.185 e. The molecular formula is C19H17ClN2O3S2. The van der Waals surface area contributed by atoms with E-state index in [0.717, 1.165) is 16.9 Å². The number of fused-ring (bicyclic) bond motifs is 1. The number of rotatable bonds is 4. The molecule has 5 nitrogen and oxygen atoms in total. The molecule has 1 aliphatic heterocycles. The van der Waals surface area contributed by atoms with Gasteiger partial charge in [0, 0.05) is 28.4 Å². The average molecular weight is 421 g/mol. The Labute approximate surface area is 167 Å². The van der Waals surface area contributed by atoms with Gasteiger partial charge in [0.25, 0.3) is 0 Å². The summed E-state index contributed by atoms with van der Waals surface area (Å²) in [5, 5.41) is 3.04. The monoisotopic (exact) mass is 420 g/mol. The minimum Gasteiger partial charge on any atom is -0.489 e. The molecule has 0 amide bonds. The highest BCUT2D eigenvalue weighted by molar-refractivity contribution is 7.90. The molecule has 0 atom stereocenters. The van der Waals surface area contributed by atoms with Gasteiger partial charge in [-0.1, -0.05) is 17.7 Å². The molecule has 0 N–H and O–H groups in total. The van der Waals surface area contributed by atoms with Crippen LogP contribution in [0.3, 0.4) is 0 Å². The van der Waals surface area contributed by atoms with Gasteiger partial charge in [0.15, 0.2) is 9.84 Å². The molecule has 0 unspecified atom stereocenters. The number of aryl methyl sites for hydroxylation is 1. The van der Waals surface area contributed by atoms with E-state index < -0.39 is 9.84 Å². The molecule has 3 aromatic rings. The fourth-order valence-electron chi connectivity index (χ4n) is 2.98. The SMILES string of the molecule is Cc1ccc(N2CCOc3cc(S(=O)(=O)Cc4nccs4)ccc32)cc1Cl.